The first-order chi connectivity index (χ1) is 12.6. The molecule has 1 amide bonds. The molecule has 0 saturated carbocycles. The van der Waals surface area contributed by atoms with E-state index in [4.69, 9.17) is 0 Å². The van der Waals surface area contributed by atoms with Crippen LogP contribution in [0.5, 0.6) is 5.75 Å². The Kier molecular flexibility index (Phi) is 4.65. The highest BCUT2D eigenvalue weighted by molar-refractivity contribution is 7.14. The van der Waals surface area contributed by atoms with Crippen LogP contribution >= 0.6 is 11.3 Å². The van der Waals surface area contributed by atoms with Gasteiger partial charge in [-0.3, -0.25) is 14.4 Å². The van der Waals surface area contributed by atoms with Crippen LogP contribution in [0.25, 0.3) is 10.9 Å². The number of benzene rings is 1. The summed E-state index contributed by atoms with van der Waals surface area (Å²) in [5.41, 5.74) is -0.493. The van der Waals surface area contributed by atoms with Crippen molar-refractivity contribution < 1.29 is 14.7 Å². The first kappa shape index (κ1) is 18.8. The van der Waals surface area contributed by atoms with E-state index in [-0.39, 0.29) is 22.5 Å². The summed E-state index contributed by atoms with van der Waals surface area (Å²) in [6.07, 6.45) is 0. The van der Waals surface area contributed by atoms with Crippen LogP contribution in [0.4, 0.5) is 5.69 Å². The minimum absolute atomic E-state index is 0.178. The summed E-state index contributed by atoms with van der Waals surface area (Å²) in [5.74, 6) is -1.33. The molecular weight excluding hydrogens is 364 g/mol. The van der Waals surface area contributed by atoms with Crippen LogP contribution in [0.2, 0.25) is 0 Å². The number of amides is 1. The summed E-state index contributed by atoms with van der Waals surface area (Å²) >= 11 is 1.31. The van der Waals surface area contributed by atoms with Crippen molar-refractivity contribution in [3.63, 3.8) is 0 Å². The summed E-state index contributed by atoms with van der Waals surface area (Å²) in [6.45, 7) is 7.45. The van der Waals surface area contributed by atoms with Crippen LogP contribution < -0.4 is 10.9 Å². The Labute approximate surface area is 159 Å². The molecule has 0 saturated heterocycles. The van der Waals surface area contributed by atoms with Gasteiger partial charge < -0.3 is 15.4 Å². The quantitative estimate of drug-likeness (QED) is 0.593. The molecule has 2 aromatic heterocycles. The second kappa shape index (κ2) is 6.66. The minimum atomic E-state index is -0.764. The van der Waals surface area contributed by atoms with Crippen molar-refractivity contribution in [3.8, 4) is 5.75 Å². The molecule has 7 heteroatoms. The van der Waals surface area contributed by atoms with E-state index in [1.165, 1.54) is 18.3 Å². The number of nitrogens with one attached hydrogen (secondary N) is 2. The molecule has 27 heavy (non-hydrogen) atoms. The topological polar surface area (TPSA) is 99.3 Å². The Hall–Kier alpha value is -2.93. The van der Waals surface area contributed by atoms with E-state index in [2.05, 4.69) is 10.3 Å². The summed E-state index contributed by atoms with van der Waals surface area (Å²) in [7, 11) is 0. The maximum Gasteiger partial charge on any atom is 0.265 e. The molecule has 140 valence electrons. The number of hydrogen-bond acceptors (Lipinski definition) is 5. The van der Waals surface area contributed by atoms with Gasteiger partial charge in [0.25, 0.3) is 11.5 Å². The lowest BCUT2D eigenvalue weighted by Crippen LogP contribution is -2.23. The maximum atomic E-state index is 12.7. The summed E-state index contributed by atoms with van der Waals surface area (Å²) < 4.78 is 0. The SMILES string of the molecule is CC(=O)c1sc(C(C)(C)C)cc1NC(=O)c1c(O)c2ccccc2[nH]c1=O. The minimum Gasteiger partial charge on any atom is -0.506 e. The number of rotatable bonds is 3. The predicted molar refractivity (Wildman–Crippen MR) is 107 cm³/mol. The third-order valence-corrected chi connectivity index (χ3v) is 5.82. The maximum absolute atomic E-state index is 12.7. The molecule has 0 radical (unpaired) electrons. The summed E-state index contributed by atoms with van der Waals surface area (Å²) in [4.78, 5) is 41.0. The van der Waals surface area contributed by atoms with E-state index < -0.39 is 11.5 Å². The van der Waals surface area contributed by atoms with Gasteiger partial charge in [0.1, 0.15) is 11.3 Å². The number of para-hydroxylation sites is 1. The zero-order valence-electron chi connectivity index (χ0n) is 15.5. The van der Waals surface area contributed by atoms with Crippen molar-refractivity contribution in [3.05, 3.63) is 56.0 Å². The number of Topliss-reactive ketones (excluding diaryl/α,β-unsaturated/α-hetero) is 1. The average Bonchev–Trinajstić information content (AvgIpc) is 2.99. The third kappa shape index (κ3) is 3.50. The fourth-order valence-corrected chi connectivity index (χ4v) is 3.80. The second-order valence-corrected chi connectivity index (χ2v) is 8.39. The Morgan fingerprint density at radius 3 is 2.48 bits per heavy atom. The van der Waals surface area contributed by atoms with Crippen molar-refractivity contribution in [2.75, 3.05) is 5.32 Å². The summed E-state index contributed by atoms with van der Waals surface area (Å²) in [6, 6.07) is 8.41. The monoisotopic (exact) mass is 384 g/mol. The third-order valence-electron chi connectivity index (χ3n) is 4.16. The Morgan fingerprint density at radius 2 is 1.85 bits per heavy atom. The molecule has 0 fully saturated rings. The van der Waals surface area contributed by atoms with Gasteiger partial charge in [-0.1, -0.05) is 32.9 Å². The second-order valence-electron chi connectivity index (χ2n) is 7.34. The first-order valence-corrected chi connectivity index (χ1v) is 9.22. The number of carbonyl (C=O) groups is 2. The van der Waals surface area contributed by atoms with Gasteiger partial charge in [-0.25, -0.2) is 0 Å². The smallest absolute Gasteiger partial charge is 0.265 e. The molecule has 2 heterocycles. The van der Waals surface area contributed by atoms with Crippen LogP contribution in [0, 0.1) is 0 Å². The molecule has 1 aromatic carbocycles. The Balaban J connectivity index is 2.06. The fourth-order valence-electron chi connectivity index (χ4n) is 2.74. The van der Waals surface area contributed by atoms with E-state index >= 15 is 0 Å². The van der Waals surface area contributed by atoms with Crippen LogP contribution in [-0.2, 0) is 5.41 Å². The zero-order valence-corrected chi connectivity index (χ0v) is 16.3. The van der Waals surface area contributed by atoms with Gasteiger partial charge in [0, 0.05) is 17.2 Å². The standard InChI is InChI=1S/C20H20N2O4S/c1-10(23)17-13(9-14(27-17)20(2,3)4)22-19(26)15-16(24)11-7-5-6-8-12(11)21-18(15)25/h5-9H,1-4H3,(H,22,26)(H2,21,24,25). The fraction of sp³-hybridized carbons (Fsp3) is 0.250. The van der Waals surface area contributed by atoms with Crippen LogP contribution in [0.15, 0.2) is 35.1 Å². The molecule has 0 aliphatic heterocycles. The predicted octanol–water partition coefficient (Wildman–Crippen LogP) is 4.05. The molecule has 3 aromatic rings. The van der Waals surface area contributed by atoms with Gasteiger partial charge in [0.2, 0.25) is 0 Å². The van der Waals surface area contributed by atoms with Crippen LogP contribution in [0.1, 0.15) is 52.6 Å². The Bertz CT molecular complexity index is 1120. The van der Waals surface area contributed by atoms with Gasteiger partial charge >= 0.3 is 0 Å². The Morgan fingerprint density at radius 1 is 1.19 bits per heavy atom. The van der Waals surface area contributed by atoms with E-state index in [9.17, 15) is 19.5 Å². The van der Waals surface area contributed by atoms with E-state index in [1.54, 1.807) is 30.3 Å². The largest absolute Gasteiger partial charge is 0.506 e. The molecule has 0 aliphatic carbocycles. The highest BCUT2D eigenvalue weighted by Crippen LogP contribution is 2.36. The number of fused-ring (bicyclic) bond motifs is 1. The van der Waals surface area contributed by atoms with E-state index in [0.717, 1.165) is 4.88 Å². The van der Waals surface area contributed by atoms with E-state index in [1.807, 2.05) is 20.8 Å². The van der Waals surface area contributed by atoms with Crippen molar-refractivity contribution in [1.29, 1.82) is 0 Å². The number of thiophene rings is 1. The molecule has 3 N–H and O–H groups in total. The zero-order chi connectivity index (χ0) is 19.9. The number of hydrogen-bond donors (Lipinski definition) is 3. The van der Waals surface area contributed by atoms with Crippen molar-refractivity contribution in [1.82, 2.24) is 4.98 Å². The number of aromatic nitrogens is 1. The lowest BCUT2D eigenvalue weighted by molar-refractivity contribution is 0.102. The molecule has 0 aliphatic rings. The molecule has 0 spiro atoms. The molecule has 0 bridgehead atoms. The molecule has 3 rings (SSSR count). The van der Waals surface area contributed by atoms with Gasteiger partial charge in [0.05, 0.1) is 16.1 Å². The first-order valence-electron chi connectivity index (χ1n) is 8.40. The number of pyridine rings is 1. The molecule has 0 atom stereocenters. The lowest BCUT2D eigenvalue weighted by atomic mass is 9.94. The van der Waals surface area contributed by atoms with Crippen molar-refractivity contribution in [2.24, 2.45) is 0 Å². The van der Waals surface area contributed by atoms with Crippen molar-refractivity contribution >= 4 is 39.6 Å². The number of carbonyl (C=O) groups excluding carboxylic acids is 2. The van der Waals surface area contributed by atoms with Crippen LogP contribution in [-0.4, -0.2) is 21.8 Å². The molecule has 0 unspecified atom stereocenters. The number of aromatic hydroxyl groups is 1. The number of ketones is 1. The van der Waals surface area contributed by atoms with E-state index in [0.29, 0.717) is 21.5 Å². The normalized spacial score (nSPS) is 11.6. The van der Waals surface area contributed by atoms with Gasteiger partial charge in [-0.2, -0.15) is 0 Å². The summed E-state index contributed by atoms with van der Waals surface area (Å²) in [5, 5.41) is 13.4. The van der Waals surface area contributed by atoms with Gasteiger partial charge in [-0.05, 0) is 23.6 Å². The molecule has 6 nitrogen and oxygen atoms in total. The number of anilines is 1. The molecular formula is C20H20N2O4S. The van der Waals surface area contributed by atoms with Crippen LogP contribution in [0.3, 0.4) is 0 Å². The van der Waals surface area contributed by atoms with Gasteiger partial charge in [-0.15, -0.1) is 11.3 Å². The van der Waals surface area contributed by atoms with Gasteiger partial charge in [0.15, 0.2) is 5.78 Å². The number of H-pyrrole nitrogens is 1. The highest BCUT2D eigenvalue weighted by atomic mass is 32.1. The van der Waals surface area contributed by atoms with Crippen molar-refractivity contribution in [2.45, 2.75) is 33.1 Å². The average molecular weight is 384 g/mol. The highest BCUT2D eigenvalue weighted by Gasteiger charge is 2.25. The number of aromatic amines is 1. The lowest BCUT2D eigenvalue weighted by Gasteiger charge is -2.15.